The molecule has 1 heterocycles. The lowest BCUT2D eigenvalue weighted by Gasteiger charge is -2.10. The van der Waals surface area contributed by atoms with E-state index in [1.807, 2.05) is 29.9 Å². The van der Waals surface area contributed by atoms with Gasteiger partial charge in [0.2, 0.25) is 0 Å². The number of aryl methyl sites for hydroxylation is 1. The number of halogens is 1. The zero-order valence-corrected chi connectivity index (χ0v) is 12.9. The van der Waals surface area contributed by atoms with Crippen LogP contribution >= 0.6 is 11.6 Å². The van der Waals surface area contributed by atoms with Crippen molar-refractivity contribution in [3.05, 3.63) is 46.7 Å². The molecule has 1 fully saturated rings. The molecule has 0 unspecified atom stereocenters. The van der Waals surface area contributed by atoms with Crippen LogP contribution in [0.2, 0.25) is 5.02 Å². The van der Waals surface area contributed by atoms with Crippen LogP contribution in [0.5, 0.6) is 5.75 Å². The lowest BCUT2D eigenvalue weighted by Crippen LogP contribution is -2.15. The Morgan fingerprint density at radius 1 is 1.38 bits per heavy atom. The molecule has 0 saturated heterocycles. The number of rotatable bonds is 7. The Morgan fingerprint density at radius 2 is 2.24 bits per heavy atom. The van der Waals surface area contributed by atoms with E-state index in [0.29, 0.717) is 17.7 Å². The molecular formula is C16H20ClN3O. The number of ether oxygens (including phenoxy) is 1. The van der Waals surface area contributed by atoms with Crippen molar-refractivity contribution >= 4 is 11.6 Å². The van der Waals surface area contributed by atoms with Gasteiger partial charge >= 0.3 is 0 Å². The van der Waals surface area contributed by atoms with Crippen LogP contribution in [0.1, 0.15) is 24.1 Å². The summed E-state index contributed by atoms with van der Waals surface area (Å²) in [5.41, 5.74) is 2.35. The minimum absolute atomic E-state index is 0.596. The third-order valence-electron chi connectivity index (χ3n) is 3.71. The van der Waals surface area contributed by atoms with Gasteiger partial charge in [0, 0.05) is 37.9 Å². The predicted molar refractivity (Wildman–Crippen MR) is 83.7 cm³/mol. The summed E-state index contributed by atoms with van der Waals surface area (Å²) >= 11 is 6.28. The van der Waals surface area contributed by atoms with E-state index in [4.69, 9.17) is 16.3 Å². The number of hydrogen-bond donors (Lipinski definition) is 1. The molecular weight excluding hydrogens is 286 g/mol. The van der Waals surface area contributed by atoms with E-state index in [2.05, 4.69) is 16.5 Å². The molecule has 1 saturated carbocycles. The molecule has 112 valence electrons. The average Bonchev–Trinajstić information content (AvgIpc) is 3.22. The van der Waals surface area contributed by atoms with Crippen molar-refractivity contribution in [1.29, 1.82) is 0 Å². The monoisotopic (exact) mass is 305 g/mol. The minimum Gasteiger partial charge on any atom is -0.492 e. The zero-order chi connectivity index (χ0) is 14.7. The van der Waals surface area contributed by atoms with Crippen molar-refractivity contribution in [2.24, 2.45) is 7.05 Å². The molecule has 0 amide bonds. The van der Waals surface area contributed by atoms with Gasteiger partial charge in [-0.1, -0.05) is 17.7 Å². The van der Waals surface area contributed by atoms with Crippen LogP contribution in [-0.4, -0.2) is 22.4 Å². The second-order valence-corrected chi connectivity index (χ2v) is 5.87. The van der Waals surface area contributed by atoms with Gasteiger partial charge in [-0.2, -0.15) is 5.10 Å². The van der Waals surface area contributed by atoms with Crippen molar-refractivity contribution < 1.29 is 4.74 Å². The Hall–Kier alpha value is -1.52. The summed E-state index contributed by atoms with van der Waals surface area (Å²) in [6, 6.07) is 8.71. The van der Waals surface area contributed by atoms with Crippen LogP contribution in [0.3, 0.4) is 0 Å². The van der Waals surface area contributed by atoms with Crippen LogP contribution in [0.15, 0.2) is 30.5 Å². The van der Waals surface area contributed by atoms with Crippen LogP contribution in [0.4, 0.5) is 0 Å². The first-order valence-corrected chi connectivity index (χ1v) is 7.71. The first-order valence-electron chi connectivity index (χ1n) is 7.34. The molecule has 0 radical (unpaired) electrons. The van der Waals surface area contributed by atoms with Crippen molar-refractivity contribution in [3.63, 3.8) is 0 Å². The Kier molecular flexibility index (Phi) is 4.46. The summed E-state index contributed by atoms with van der Waals surface area (Å²) in [7, 11) is 1.93. The van der Waals surface area contributed by atoms with E-state index in [-0.39, 0.29) is 0 Å². The fourth-order valence-electron chi connectivity index (χ4n) is 2.23. The summed E-state index contributed by atoms with van der Waals surface area (Å²) in [5.74, 6) is 0.744. The fraction of sp³-hybridized carbons (Fsp3) is 0.438. The number of aromatic nitrogens is 2. The predicted octanol–water partition coefficient (Wildman–Crippen LogP) is 2.95. The fourth-order valence-corrected chi connectivity index (χ4v) is 2.49. The van der Waals surface area contributed by atoms with Gasteiger partial charge in [0.05, 0.1) is 11.6 Å². The summed E-state index contributed by atoms with van der Waals surface area (Å²) in [5, 5.41) is 8.29. The van der Waals surface area contributed by atoms with Gasteiger partial charge in [-0.25, -0.2) is 0 Å². The van der Waals surface area contributed by atoms with Gasteiger partial charge < -0.3 is 10.1 Å². The van der Waals surface area contributed by atoms with Crippen molar-refractivity contribution in [2.75, 3.05) is 6.61 Å². The van der Waals surface area contributed by atoms with E-state index < -0.39 is 0 Å². The highest BCUT2D eigenvalue weighted by atomic mass is 35.5. The topological polar surface area (TPSA) is 39.1 Å². The summed E-state index contributed by atoms with van der Waals surface area (Å²) in [4.78, 5) is 0. The molecule has 1 aromatic carbocycles. The molecule has 1 N–H and O–H groups in total. The molecule has 4 nitrogen and oxygen atoms in total. The standard InChI is InChI=1S/C16H20ClN3O/c1-20-14(6-8-19-20)7-9-21-16-5-2-12(10-15(16)17)11-18-13-3-4-13/h2,5-6,8,10,13,18H,3-4,7,9,11H2,1H3. The minimum atomic E-state index is 0.596. The molecule has 0 bridgehead atoms. The van der Waals surface area contributed by atoms with E-state index in [1.54, 1.807) is 6.20 Å². The zero-order valence-electron chi connectivity index (χ0n) is 12.2. The Labute approximate surface area is 130 Å². The molecule has 0 atom stereocenters. The van der Waals surface area contributed by atoms with Crippen LogP contribution in [-0.2, 0) is 20.0 Å². The Balaban J connectivity index is 1.51. The molecule has 1 aliphatic carbocycles. The van der Waals surface area contributed by atoms with Crippen LogP contribution in [0, 0.1) is 0 Å². The maximum absolute atomic E-state index is 6.28. The van der Waals surface area contributed by atoms with Crippen molar-refractivity contribution in [2.45, 2.75) is 31.8 Å². The Bertz CT molecular complexity index is 607. The van der Waals surface area contributed by atoms with Gasteiger partial charge in [-0.05, 0) is 36.6 Å². The lowest BCUT2D eigenvalue weighted by molar-refractivity contribution is 0.318. The highest BCUT2D eigenvalue weighted by molar-refractivity contribution is 6.32. The molecule has 5 heteroatoms. The lowest BCUT2D eigenvalue weighted by atomic mass is 10.2. The quantitative estimate of drug-likeness (QED) is 0.855. The van der Waals surface area contributed by atoms with Gasteiger partial charge in [0.25, 0.3) is 0 Å². The number of nitrogens with zero attached hydrogens (tertiary/aromatic N) is 2. The molecule has 0 spiro atoms. The summed E-state index contributed by atoms with van der Waals surface area (Å²) in [6.07, 6.45) is 5.20. The first-order chi connectivity index (χ1) is 10.2. The second-order valence-electron chi connectivity index (χ2n) is 5.46. The van der Waals surface area contributed by atoms with Crippen LogP contribution < -0.4 is 10.1 Å². The SMILES string of the molecule is Cn1nccc1CCOc1ccc(CNC2CC2)cc1Cl. The number of hydrogen-bond acceptors (Lipinski definition) is 3. The highest BCUT2D eigenvalue weighted by Crippen LogP contribution is 2.26. The van der Waals surface area contributed by atoms with Gasteiger partial charge in [0.15, 0.2) is 0 Å². The maximum Gasteiger partial charge on any atom is 0.137 e. The molecule has 0 aliphatic heterocycles. The Morgan fingerprint density at radius 3 is 2.90 bits per heavy atom. The van der Waals surface area contributed by atoms with E-state index in [0.717, 1.165) is 24.4 Å². The molecule has 2 aromatic rings. The summed E-state index contributed by atoms with van der Waals surface area (Å²) < 4.78 is 7.62. The average molecular weight is 306 g/mol. The first kappa shape index (κ1) is 14.4. The van der Waals surface area contributed by atoms with Crippen molar-refractivity contribution in [1.82, 2.24) is 15.1 Å². The smallest absolute Gasteiger partial charge is 0.137 e. The third kappa shape index (κ3) is 3.99. The molecule has 3 rings (SSSR count). The second kappa shape index (κ2) is 6.50. The normalized spacial score (nSPS) is 14.4. The van der Waals surface area contributed by atoms with E-state index in [1.165, 1.54) is 18.4 Å². The summed E-state index contributed by atoms with van der Waals surface area (Å²) in [6.45, 7) is 1.47. The van der Waals surface area contributed by atoms with Gasteiger partial charge in [0.1, 0.15) is 5.75 Å². The van der Waals surface area contributed by atoms with E-state index >= 15 is 0 Å². The largest absolute Gasteiger partial charge is 0.492 e. The molecule has 21 heavy (non-hydrogen) atoms. The maximum atomic E-state index is 6.28. The number of benzene rings is 1. The number of nitrogens with one attached hydrogen (secondary N) is 1. The third-order valence-corrected chi connectivity index (χ3v) is 4.00. The van der Waals surface area contributed by atoms with Crippen molar-refractivity contribution in [3.8, 4) is 5.75 Å². The highest BCUT2D eigenvalue weighted by Gasteiger charge is 2.20. The van der Waals surface area contributed by atoms with Crippen LogP contribution in [0.25, 0.3) is 0 Å². The molecule has 1 aromatic heterocycles. The van der Waals surface area contributed by atoms with E-state index in [9.17, 15) is 0 Å². The van der Waals surface area contributed by atoms with Gasteiger partial charge in [-0.3, -0.25) is 4.68 Å². The van der Waals surface area contributed by atoms with Gasteiger partial charge in [-0.15, -0.1) is 0 Å². The molecule has 1 aliphatic rings.